The van der Waals surface area contributed by atoms with Gasteiger partial charge in [-0.2, -0.15) is 0 Å². The van der Waals surface area contributed by atoms with Crippen molar-refractivity contribution in [3.8, 4) is 0 Å². The number of thiocarbonyl (C=S) groups is 1. The van der Waals surface area contributed by atoms with Crippen molar-refractivity contribution in [2.45, 2.75) is 19.8 Å². The van der Waals surface area contributed by atoms with E-state index in [2.05, 4.69) is 5.32 Å². The molecule has 1 aromatic carbocycles. The molecule has 17 heavy (non-hydrogen) atoms. The predicted octanol–water partition coefficient (Wildman–Crippen LogP) is 2.47. The Morgan fingerprint density at radius 3 is 2.82 bits per heavy atom. The molecule has 0 radical (unpaired) electrons. The molecule has 1 aromatic rings. The highest BCUT2D eigenvalue weighted by atomic mass is 32.1. The van der Waals surface area contributed by atoms with E-state index < -0.39 is 11.7 Å². The molecule has 0 aliphatic rings. The third-order valence-electron chi connectivity index (χ3n) is 2.33. The van der Waals surface area contributed by atoms with Crippen molar-refractivity contribution >= 4 is 28.8 Å². The standard InChI is InChI=1S/C12H15FN2OS/c1-2-4-10(11(14)17)12(16)15-9-6-3-5-8(13)7-9/h3,5-7,10H,2,4H2,1H3,(H2,14,17)(H,15,16). The molecule has 1 unspecified atom stereocenters. The van der Waals surface area contributed by atoms with Gasteiger partial charge in [0.15, 0.2) is 0 Å². The van der Waals surface area contributed by atoms with Crippen molar-refractivity contribution in [1.82, 2.24) is 0 Å². The van der Waals surface area contributed by atoms with Crippen LogP contribution in [-0.4, -0.2) is 10.9 Å². The lowest BCUT2D eigenvalue weighted by molar-refractivity contribution is -0.118. The van der Waals surface area contributed by atoms with Crippen LogP contribution in [0.4, 0.5) is 10.1 Å². The average Bonchev–Trinajstić information content (AvgIpc) is 2.25. The number of anilines is 1. The van der Waals surface area contributed by atoms with Crippen LogP contribution in [0, 0.1) is 11.7 Å². The molecule has 0 fully saturated rings. The topological polar surface area (TPSA) is 55.1 Å². The summed E-state index contributed by atoms with van der Waals surface area (Å²) < 4.78 is 12.9. The summed E-state index contributed by atoms with van der Waals surface area (Å²) in [7, 11) is 0. The van der Waals surface area contributed by atoms with E-state index in [-0.39, 0.29) is 10.9 Å². The van der Waals surface area contributed by atoms with Crippen LogP contribution in [0.2, 0.25) is 0 Å². The van der Waals surface area contributed by atoms with Crippen molar-refractivity contribution < 1.29 is 9.18 Å². The van der Waals surface area contributed by atoms with E-state index in [4.69, 9.17) is 18.0 Å². The molecule has 0 spiro atoms. The number of amides is 1. The number of nitrogens with one attached hydrogen (secondary N) is 1. The molecule has 92 valence electrons. The van der Waals surface area contributed by atoms with Crippen LogP contribution >= 0.6 is 12.2 Å². The van der Waals surface area contributed by atoms with E-state index in [0.717, 1.165) is 6.42 Å². The highest BCUT2D eigenvalue weighted by Gasteiger charge is 2.20. The van der Waals surface area contributed by atoms with Gasteiger partial charge in [-0.05, 0) is 24.6 Å². The first-order chi connectivity index (χ1) is 8.04. The van der Waals surface area contributed by atoms with E-state index in [1.165, 1.54) is 18.2 Å². The van der Waals surface area contributed by atoms with Gasteiger partial charge in [-0.3, -0.25) is 4.79 Å². The quantitative estimate of drug-likeness (QED) is 0.794. The minimum absolute atomic E-state index is 0.167. The van der Waals surface area contributed by atoms with Crippen LogP contribution in [0.3, 0.4) is 0 Å². The van der Waals surface area contributed by atoms with Crippen molar-refractivity contribution in [2.24, 2.45) is 11.7 Å². The summed E-state index contributed by atoms with van der Waals surface area (Å²) in [6.07, 6.45) is 1.40. The molecule has 0 aliphatic heterocycles. The third-order valence-corrected chi connectivity index (χ3v) is 2.61. The maximum atomic E-state index is 12.9. The minimum atomic E-state index is -0.502. The van der Waals surface area contributed by atoms with E-state index in [1.807, 2.05) is 6.92 Å². The zero-order valence-corrected chi connectivity index (χ0v) is 10.4. The largest absolute Gasteiger partial charge is 0.393 e. The maximum Gasteiger partial charge on any atom is 0.234 e. The Balaban J connectivity index is 2.73. The molecule has 0 heterocycles. The Hall–Kier alpha value is -1.49. The first-order valence-corrected chi connectivity index (χ1v) is 5.81. The molecule has 1 atom stereocenters. The first kappa shape index (κ1) is 13.6. The van der Waals surface area contributed by atoms with Crippen LogP contribution < -0.4 is 11.1 Å². The monoisotopic (exact) mass is 254 g/mol. The van der Waals surface area contributed by atoms with Gasteiger partial charge in [-0.15, -0.1) is 0 Å². The lowest BCUT2D eigenvalue weighted by atomic mass is 10.0. The Bertz CT molecular complexity index is 423. The number of carbonyl (C=O) groups excluding carboxylic acids is 1. The molecule has 1 rings (SSSR count). The van der Waals surface area contributed by atoms with E-state index in [0.29, 0.717) is 12.1 Å². The molecule has 3 nitrogen and oxygen atoms in total. The van der Waals surface area contributed by atoms with Crippen molar-refractivity contribution in [2.75, 3.05) is 5.32 Å². The highest BCUT2D eigenvalue weighted by molar-refractivity contribution is 7.80. The number of hydrogen-bond donors (Lipinski definition) is 2. The van der Waals surface area contributed by atoms with Gasteiger partial charge in [-0.25, -0.2) is 4.39 Å². The summed E-state index contributed by atoms with van der Waals surface area (Å²) in [5.74, 6) is -1.19. The van der Waals surface area contributed by atoms with Crippen LogP contribution in [0.15, 0.2) is 24.3 Å². The van der Waals surface area contributed by atoms with Gasteiger partial charge in [0.05, 0.1) is 10.9 Å². The number of nitrogens with two attached hydrogens (primary N) is 1. The average molecular weight is 254 g/mol. The number of benzene rings is 1. The van der Waals surface area contributed by atoms with Crippen molar-refractivity contribution in [3.05, 3.63) is 30.1 Å². The molecule has 0 aromatic heterocycles. The van der Waals surface area contributed by atoms with Gasteiger partial charge in [0.2, 0.25) is 5.91 Å². The number of halogens is 1. The Morgan fingerprint density at radius 1 is 1.59 bits per heavy atom. The SMILES string of the molecule is CCCC(C(=O)Nc1cccc(F)c1)C(N)=S. The zero-order valence-electron chi connectivity index (χ0n) is 9.57. The zero-order chi connectivity index (χ0) is 12.8. The van der Waals surface area contributed by atoms with Crippen LogP contribution in [0.5, 0.6) is 0 Å². The molecule has 0 bridgehead atoms. The van der Waals surface area contributed by atoms with E-state index >= 15 is 0 Å². The molecule has 5 heteroatoms. The second-order valence-corrected chi connectivity index (χ2v) is 4.21. The molecule has 1 amide bonds. The van der Waals surface area contributed by atoms with Gasteiger partial charge in [0.1, 0.15) is 5.82 Å². The van der Waals surface area contributed by atoms with Crippen LogP contribution in [0.25, 0.3) is 0 Å². The molecule has 0 saturated carbocycles. The second-order valence-electron chi connectivity index (χ2n) is 3.74. The van der Waals surface area contributed by atoms with Gasteiger partial charge in [0, 0.05) is 5.69 Å². The molecule has 0 aliphatic carbocycles. The highest BCUT2D eigenvalue weighted by Crippen LogP contribution is 2.13. The Kier molecular flexibility index (Phi) is 5.03. The molecule has 3 N–H and O–H groups in total. The predicted molar refractivity (Wildman–Crippen MR) is 70.2 cm³/mol. The molecule has 0 saturated heterocycles. The number of hydrogen-bond acceptors (Lipinski definition) is 2. The summed E-state index contributed by atoms with van der Waals surface area (Å²) in [5.41, 5.74) is 5.91. The Morgan fingerprint density at radius 2 is 2.29 bits per heavy atom. The Labute approximate surface area is 105 Å². The number of rotatable bonds is 5. The van der Waals surface area contributed by atoms with E-state index in [9.17, 15) is 9.18 Å². The summed E-state index contributed by atoms with van der Waals surface area (Å²) in [6.45, 7) is 1.95. The fourth-order valence-electron chi connectivity index (χ4n) is 1.49. The fourth-order valence-corrected chi connectivity index (χ4v) is 1.71. The summed E-state index contributed by atoms with van der Waals surface area (Å²) >= 11 is 4.84. The van der Waals surface area contributed by atoms with Gasteiger partial charge in [-0.1, -0.05) is 31.6 Å². The van der Waals surface area contributed by atoms with Crippen molar-refractivity contribution in [1.29, 1.82) is 0 Å². The second kappa shape index (κ2) is 6.30. The van der Waals surface area contributed by atoms with Gasteiger partial charge in [0.25, 0.3) is 0 Å². The van der Waals surface area contributed by atoms with E-state index in [1.54, 1.807) is 6.07 Å². The summed E-state index contributed by atoms with van der Waals surface area (Å²) in [5, 5.41) is 2.60. The third kappa shape index (κ3) is 4.11. The lowest BCUT2D eigenvalue weighted by Crippen LogP contribution is -2.33. The van der Waals surface area contributed by atoms with Crippen LogP contribution in [-0.2, 0) is 4.79 Å². The fraction of sp³-hybridized carbons (Fsp3) is 0.333. The van der Waals surface area contributed by atoms with Gasteiger partial charge < -0.3 is 11.1 Å². The summed E-state index contributed by atoms with van der Waals surface area (Å²) in [4.78, 5) is 12.0. The minimum Gasteiger partial charge on any atom is -0.393 e. The maximum absolute atomic E-state index is 12.9. The normalized spacial score (nSPS) is 11.9. The molecular formula is C12H15FN2OS. The number of carbonyl (C=O) groups is 1. The van der Waals surface area contributed by atoms with Crippen molar-refractivity contribution in [3.63, 3.8) is 0 Å². The van der Waals surface area contributed by atoms with Gasteiger partial charge >= 0.3 is 0 Å². The molecular weight excluding hydrogens is 239 g/mol. The van der Waals surface area contributed by atoms with Crippen LogP contribution in [0.1, 0.15) is 19.8 Å². The summed E-state index contributed by atoms with van der Waals surface area (Å²) in [6, 6.07) is 5.71. The smallest absolute Gasteiger partial charge is 0.234 e. The lowest BCUT2D eigenvalue weighted by Gasteiger charge is -2.14. The first-order valence-electron chi connectivity index (χ1n) is 5.40.